The molecule has 1 saturated heterocycles. The molecule has 2 aromatic rings. The maximum atomic E-state index is 13.6. The molecule has 4 nitrogen and oxygen atoms in total. The Balaban J connectivity index is 1.58. The van der Waals surface area contributed by atoms with Gasteiger partial charge in [-0.15, -0.1) is 0 Å². The van der Waals surface area contributed by atoms with Crippen LogP contribution in [-0.4, -0.2) is 39.4 Å². The van der Waals surface area contributed by atoms with E-state index >= 15 is 0 Å². The zero-order chi connectivity index (χ0) is 15.0. The summed E-state index contributed by atoms with van der Waals surface area (Å²) in [6.07, 6.45) is -0.785. The van der Waals surface area contributed by atoms with Crippen molar-refractivity contribution in [2.24, 2.45) is 0 Å². The maximum absolute atomic E-state index is 13.6. The van der Waals surface area contributed by atoms with Crippen molar-refractivity contribution in [2.45, 2.75) is 26.0 Å². The molecule has 1 unspecified atom stereocenters. The van der Waals surface area contributed by atoms with Gasteiger partial charge in [-0.25, -0.2) is 4.39 Å². The summed E-state index contributed by atoms with van der Waals surface area (Å²) < 4.78 is 15.7. The SMILES string of the molecule is Cc1cc(C)n(C2CN(CC(O)c3ccccc3F)C2)n1. The molecular weight excluding hydrogens is 269 g/mol. The second-order valence-electron chi connectivity index (χ2n) is 5.78. The van der Waals surface area contributed by atoms with Crippen molar-refractivity contribution in [3.05, 3.63) is 53.1 Å². The molecule has 1 fully saturated rings. The molecule has 0 bridgehead atoms. The standard InChI is InChI=1S/C16H20FN3O/c1-11-7-12(2)20(18-11)13-8-19(9-13)10-16(21)14-5-3-4-6-15(14)17/h3-7,13,16,21H,8-10H2,1-2H3. The molecule has 0 amide bonds. The lowest BCUT2D eigenvalue weighted by atomic mass is 10.0. The van der Waals surface area contributed by atoms with Gasteiger partial charge in [0, 0.05) is 30.9 Å². The van der Waals surface area contributed by atoms with Gasteiger partial charge in [0.2, 0.25) is 0 Å². The molecule has 1 aliphatic rings. The van der Waals surface area contributed by atoms with E-state index in [9.17, 15) is 9.50 Å². The van der Waals surface area contributed by atoms with Crippen LogP contribution in [0, 0.1) is 19.7 Å². The Morgan fingerprint density at radius 1 is 1.33 bits per heavy atom. The molecule has 1 N–H and O–H groups in total. The van der Waals surface area contributed by atoms with Crippen molar-refractivity contribution in [2.75, 3.05) is 19.6 Å². The van der Waals surface area contributed by atoms with Crippen molar-refractivity contribution in [3.8, 4) is 0 Å². The summed E-state index contributed by atoms with van der Waals surface area (Å²) in [5, 5.41) is 14.6. The number of nitrogens with zero attached hydrogens (tertiary/aromatic N) is 3. The summed E-state index contributed by atoms with van der Waals surface area (Å²) in [5.41, 5.74) is 2.55. The minimum Gasteiger partial charge on any atom is -0.387 e. The first-order valence-electron chi connectivity index (χ1n) is 7.22. The number of aromatic nitrogens is 2. The molecule has 0 saturated carbocycles. The lowest BCUT2D eigenvalue weighted by Crippen LogP contribution is -2.49. The van der Waals surface area contributed by atoms with Gasteiger partial charge in [-0.1, -0.05) is 18.2 Å². The van der Waals surface area contributed by atoms with Gasteiger partial charge >= 0.3 is 0 Å². The molecule has 5 heteroatoms. The van der Waals surface area contributed by atoms with Gasteiger partial charge in [0.15, 0.2) is 0 Å². The lowest BCUT2D eigenvalue weighted by molar-refractivity contribution is 0.0380. The normalized spacial score (nSPS) is 17.7. The number of rotatable bonds is 4. The third-order valence-corrected chi connectivity index (χ3v) is 4.02. The smallest absolute Gasteiger partial charge is 0.129 e. The van der Waals surface area contributed by atoms with Crippen LogP contribution in [0.3, 0.4) is 0 Å². The van der Waals surface area contributed by atoms with Crippen LogP contribution >= 0.6 is 0 Å². The molecule has 0 spiro atoms. The van der Waals surface area contributed by atoms with E-state index in [0.717, 1.165) is 24.5 Å². The summed E-state index contributed by atoms with van der Waals surface area (Å²) in [6.45, 7) is 6.18. The van der Waals surface area contributed by atoms with E-state index in [2.05, 4.69) is 23.0 Å². The maximum Gasteiger partial charge on any atom is 0.129 e. The summed E-state index contributed by atoms with van der Waals surface area (Å²) in [7, 11) is 0. The van der Waals surface area contributed by atoms with Crippen molar-refractivity contribution >= 4 is 0 Å². The average Bonchev–Trinajstić information content (AvgIpc) is 2.72. The van der Waals surface area contributed by atoms with E-state index < -0.39 is 6.10 Å². The lowest BCUT2D eigenvalue weighted by Gasteiger charge is -2.40. The molecule has 2 heterocycles. The quantitative estimate of drug-likeness (QED) is 0.938. The molecule has 1 aliphatic heterocycles. The van der Waals surface area contributed by atoms with E-state index in [1.165, 1.54) is 6.07 Å². The van der Waals surface area contributed by atoms with E-state index in [4.69, 9.17) is 0 Å². The van der Waals surface area contributed by atoms with Crippen molar-refractivity contribution in [3.63, 3.8) is 0 Å². The minimum atomic E-state index is -0.785. The van der Waals surface area contributed by atoms with Crippen LogP contribution in [0.2, 0.25) is 0 Å². The Morgan fingerprint density at radius 2 is 2.05 bits per heavy atom. The second kappa shape index (κ2) is 5.58. The Kier molecular flexibility index (Phi) is 3.78. The molecule has 0 aliphatic carbocycles. The third-order valence-electron chi connectivity index (χ3n) is 4.02. The zero-order valence-corrected chi connectivity index (χ0v) is 12.3. The number of benzene rings is 1. The first-order chi connectivity index (χ1) is 10.0. The number of aliphatic hydroxyl groups is 1. The third kappa shape index (κ3) is 2.84. The van der Waals surface area contributed by atoms with Gasteiger partial charge in [-0.3, -0.25) is 9.58 Å². The van der Waals surface area contributed by atoms with Gasteiger partial charge in [0.25, 0.3) is 0 Å². The largest absolute Gasteiger partial charge is 0.387 e. The Morgan fingerprint density at radius 3 is 2.67 bits per heavy atom. The fraction of sp³-hybridized carbons (Fsp3) is 0.438. The van der Waals surface area contributed by atoms with Crippen LogP contribution in [0.4, 0.5) is 4.39 Å². The second-order valence-corrected chi connectivity index (χ2v) is 5.78. The van der Waals surface area contributed by atoms with E-state index in [-0.39, 0.29) is 5.82 Å². The predicted molar refractivity (Wildman–Crippen MR) is 78.5 cm³/mol. The summed E-state index contributed by atoms with van der Waals surface area (Å²) in [5.74, 6) is -0.347. The highest BCUT2D eigenvalue weighted by Gasteiger charge is 2.31. The highest BCUT2D eigenvalue weighted by atomic mass is 19.1. The molecule has 1 aromatic carbocycles. The first-order valence-corrected chi connectivity index (χ1v) is 7.22. The predicted octanol–water partition coefficient (Wildman–Crippen LogP) is 2.23. The Bertz CT molecular complexity index is 634. The van der Waals surface area contributed by atoms with Gasteiger partial charge < -0.3 is 5.11 Å². The van der Waals surface area contributed by atoms with Crippen LogP contribution < -0.4 is 0 Å². The average molecular weight is 289 g/mol. The van der Waals surface area contributed by atoms with Crippen LogP contribution in [0.1, 0.15) is 29.1 Å². The van der Waals surface area contributed by atoms with Gasteiger partial charge in [0.1, 0.15) is 5.82 Å². The van der Waals surface area contributed by atoms with E-state index in [1.54, 1.807) is 18.2 Å². The van der Waals surface area contributed by atoms with E-state index in [0.29, 0.717) is 18.2 Å². The number of aliphatic hydroxyl groups excluding tert-OH is 1. The van der Waals surface area contributed by atoms with Gasteiger partial charge in [0.05, 0.1) is 17.8 Å². The number of aryl methyl sites for hydroxylation is 2. The molecular formula is C16H20FN3O. The summed E-state index contributed by atoms with van der Waals surface area (Å²) >= 11 is 0. The fourth-order valence-electron chi connectivity index (χ4n) is 2.95. The highest BCUT2D eigenvalue weighted by molar-refractivity contribution is 5.20. The Hall–Kier alpha value is -1.72. The Labute approximate surface area is 123 Å². The molecule has 1 aromatic heterocycles. The van der Waals surface area contributed by atoms with Gasteiger partial charge in [-0.2, -0.15) is 5.10 Å². The van der Waals surface area contributed by atoms with Crippen LogP contribution in [0.25, 0.3) is 0 Å². The number of β-amino-alcohol motifs (C(OH)–C–C–N with tert-alkyl or cyclic N) is 1. The minimum absolute atomic E-state index is 0.347. The number of likely N-dealkylation sites (tertiary alicyclic amines) is 1. The fourth-order valence-corrected chi connectivity index (χ4v) is 2.95. The first kappa shape index (κ1) is 14.2. The van der Waals surface area contributed by atoms with Crippen molar-refractivity contribution in [1.82, 2.24) is 14.7 Å². The van der Waals surface area contributed by atoms with E-state index in [1.807, 2.05) is 11.6 Å². The number of hydrogen-bond acceptors (Lipinski definition) is 3. The molecule has 112 valence electrons. The number of halogens is 1. The molecule has 21 heavy (non-hydrogen) atoms. The van der Waals surface area contributed by atoms with Crippen molar-refractivity contribution < 1.29 is 9.50 Å². The topological polar surface area (TPSA) is 41.3 Å². The molecule has 0 radical (unpaired) electrons. The van der Waals surface area contributed by atoms with Crippen molar-refractivity contribution in [1.29, 1.82) is 0 Å². The zero-order valence-electron chi connectivity index (χ0n) is 12.3. The van der Waals surface area contributed by atoms with Crippen LogP contribution in [0.15, 0.2) is 30.3 Å². The van der Waals surface area contributed by atoms with Crippen LogP contribution in [-0.2, 0) is 0 Å². The summed E-state index contributed by atoms with van der Waals surface area (Å²) in [4.78, 5) is 2.12. The molecule has 1 atom stereocenters. The van der Waals surface area contributed by atoms with Crippen LogP contribution in [0.5, 0.6) is 0 Å². The monoisotopic (exact) mass is 289 g/mol. The number of hydrogen-bond donors (Lipinski definition) is 1. The molecule has 3 rings (SSSR count). The summed E-state index contributed by atoms with van der Waals surface area (Å²) in [6, 6.07) is 8.82. The highest BCUT2D eigenvalue weighted by Crippen LogP contribution is 2.26. The van der Waals surface area contributed by atoms with Gasteiger partial charge in [-0.05, 0) is 26.0 Å².